The lowest BCUT2D eigenvalue weighted by Crippen LogP contribution is -2.06. The van der Waals surface area contributed by atoms with Gasteiger partial charge in [0.05, 0.1) is 11.8 Å². The highest BCUT2D eigenvalue weighted by atomic mass is 32.2. The Bertz CT molecular complexity index is 679. The van der Waals surface area contributed by atoms with Gasteiger partial charge in [0, 0.05) is 17.9 Å². The predicted molar refractivity (Wildman–Crippen MR) is 83.3 cm³/mol. The monoisotopic (exact) mass is 323 g/mol. The number of rotatable bonds is 4. The minimum atomic E-state index is -1.05. The van der Waals surface area contributed by atoms with E-state index in [9.17, 15) is 13.2 Å². The fourth-order valence-corrected chi connectivity index (χ4v) is 2.19. The second-order valence-electron chi connectivity index (χ2n) is 4.24. The maximum Gasteiger partial charge on any atom is 0.180 e. The van der Waals surface area contributed by atoms with E-state index in [0.29, 0.717) is 17.9 Å². The smallest absolute Gasteiger partial charge is 0.180 e. The molecule has 0 fully saturated rings. The standard InChI is InChI=1S/C15H12F3N3S/c16-11-6-13(17)12(14(18)7-11)8-20-21-15(19)22-9-10-4-2-1-3-5-10/h1-8H,9H2,(H2,19,21). The molecule has 0 aromatic heterocycles. The first-order chi connectivity index (χ1) is 10.6. The zero-order chi connectivity index (χ0) is 15.9. The lowest BCUT2D eigenvalue weighted by molar-refractivity contribution is 0.541. The Morgan fingerprint density at radius 3 is 2.36 bits per heavy atom. The van der Waals surface area contributed by atoms with Crippen LogP contribution in [0.25, 0.3) is 0 Å². The molecule has 0 atom stereocenters. The van der Waals surface area contributed by atoms with Crippen LogP contribution in [-0.2, 0) is 5.75 Å². The van der Waals surface area contributed by atoms with Crippen molar-refractivity contribution >= 4 is 23.1 Å². The van der Waals surface area contributed by atoms with Gasteiger partial charge in [-0.3, -0.25) is 0 Å². The lowest BCUT2D eigenvalue weighted by Gasteiger charge is -2.00. The summed E-state index contributed by atoms with van der Waals surface area (Å²) in [6, 6.07) is 10.7. The van der Waals surface area contributed by atoms with E-state index in [1.165, 1.54) is 11.8 Å². The van der Waals surface area contributed by atoms with Crippen LogP contribution in [-0.4, -0.2) is 11.4 Å². The first-order valence-electron chi connectivity index (χ1n) is 6.24. The van der Waals surface area contributed by atoms with Crippen molar-refractivity contribution in [3.05, 3.63) is 71.0 Å². The molecule has 2 aromatic rings. The fraction of sp³-hybridized carbons (Fsp3) is 0.0667. The van der Waals surface area contributed by atoms with Gasteiger partial charge >= 0.3 is 0 Å². The van der Waals surface area contributed by atoms with E-state index in [2.05, 4.69) is 10.2 Å². The van der Waals surface area contributed by atoms with E-state index < -0.39 is 23.0 Å². The number of benzene rings is 2. The Hall–Kier alpha value is -2.28. The van der Waals surface area contributed by atoms with Crippen LogP contribution in [0, 0.1) is 17.5 Å². The summed E-state index contributed by atoms with van der Waals surface area (Å²) >= 11 is 1.24. The van der Waals surface area contributed by atoms with Crippen molar-refractivity contribution in [2.75, 3.05) is 0 Å². The van der Waals surface area contributed by atoms with E-state index in [0.717, 1.165) is 11.8 Å². The number of thioether (sulfide) groups is 1. The van der Waals surface area contributed by atoms with E-state index in [1.807, 2.05) is 30.3 Å². The van der Waals surface area contributed by atoms with Gasteiger partial charge in [-0.05, 0) is 5.56 Å². The van der Waals surface area contributed by atoms with Crippen LogP contribution in [0.1, 0.15) is 11.1 Å². The van der Waals surface area contributed by atoms with Crippen LogP contribution < -0.4 is 5.73 Å². The van der Waals surface area contributed by atoms with Crippen molar-refractivity contribution in [2.24, 2.45) is 15.9 Å². The third kappa shape index (κ3) is 4.63. The summed E-state index contributed by atoms with van der Waals surface area (Å²) in [6.45, 7) is 0. The predicted octanol–water partition coefficient (Wildman–Crippen LogP) is 3.69. The summed E-state index contributed by atoms with van der Waals surface area (Å²) < 4.78 is 39.4. The Labute approximate surface area is 129 Å². The molecule has 0 aliphatic rings. The second kappa shape index (κ2) is 7.65. The molecule has 114 valence electrons. The van der Waals surface area contributed by atoms with Crippen molar-refractivity contribution in [2.45, 2.75) is 5.75 Å². The van der Waals surface area contributed by atoms with Gasteiger partial charge in [-0.25, -0.2) is 13.2 Å². The highest BCUT2D eigenvalue weighted by Gasteiger charge is 2.09. The zero-order valence-corrected chi connectivity index (χ0v) is 12.2. The minimum absolute atomic E-state index is 0.156. The summed E-state index contributed by atoms with van der Waals surface area (Å²) in [5.41, 5.74) is 6.23. The molecule has 0 aliphatic heterocycles. The molecule has 0 amide bonds. The summed E-state index contributed by atoms with van der Waals surface area (Å²) in [5.74, 6) is -2.49. The Morgan fingerprint density at radius 1 is 1.09 bits per heavy atom. The molecule has 0 unspecified atom stereocenters. The van der Waals surface area contributed by atoms with Crippen LogP contribution in [0.2, 0.25) is 0 Å². The van der Waals surface area contributed by atoms with Gasteiger partial charge < -0.3 is 5.73 Å². The minimum Gasteiger partial charge on any atom is -0.377 e. The topological polar surface area (TPSA) is 50.7 Å². The van der Waals surface area contributed by atoms with E-state index in [-0.39, 0.29) is 5.17 Å². The van der Waals surface area contributed by atoms with Crippen molar-refractivity contribution in [3.8, 4) is 0 Å². The quantitative estimate of drug-likeness (QED) is 0.530. The SMILES string of the molecule is NC(=NN=Cc1c(F)cc(F)cc1F)SCc1ccccc1. The highest BCUT2D eigenvalue weighted by molar-refractivity contribution is 8.13. The molecular weight excluding hydrogens is 311 g/mol. The fourth-order valence-electron chi connectivity index (χ4n) is 1.58. The molecule has 0 saturated heterocycles. The molecule has 0 saturated carbocycles. The molecule has 0 spiro atoms. The van der Waals surface area contributed by atoms with E-state index >= 15 is 0 Å². The first kappa shape index (κ1) is 16.1. The van der Waals surface area contributed by atoms with Gasteiger partial charge in [-0.15, -0.1) is 5.10 Å². The van der Waals surface area contributed by atoms with Crippen molar-refractivity contribution < 1.29 is 13.2 Å². The van der Waals surface area contributed by atoms with Crippen LogP contribution >= 0.6 is 11.8 Å². The van der Waals surface area contributed by atoms with E-state index in [4.69, 9.17) is 5.73 Å². The van der Waals surface area contributed by atoms with Crippen LogP contribution in [0.15, 0.2) is 52.7 Å². The van der Waals surface area contributed by atoms with Crippen LogP contribution in [0.5, 0.6) is 0 Å². The summed E-state index contributed by atoms with van der Waals surface area (Å²) in [4.78, 5) is 0. The normalized spacial score (nSPS) is 12.0. The number of nitrogens with zero attached hydrogens (tertiary/aromatic N) is 2. The molecular formula is C15H12F3N3S. The number of nitrogens with two attached hydrogens (primary N) is 1. The average molecular weight is 323 g/mol. The molecule has 0 heterocycles. The molecule has 22 heavy (non-hydrogen) atoms. The van der Waals surface area contributed by atoms with Crippen molar-refractivity contribution in [3.63, 3.8) is 0 Å². The Morgan fingerprint density at radius 2 is 1.73 bits per heavy atom. The van der Waals surface area contributed by atoms with Gasteiger partial charge in [-0.2, -0.15) is 5.10 Å². The molecule has 2 N–H and O–H groups in total. The maximum atomic E-state index is 13.3. The number of hydrogen-bond acceptors (Lipinski definition) is 3. The molecule has 7 heteroatoms. The van der Waals surface area contributed by atoms with Crippen LogP contribution in [0.3, 0.4) is 0 Å². The summed E-state index contributed by atoms with van der Waals surface area (Å²) in [7, 11) is 0. The highest BCUT2D eigenvalue weighted by Crippen LogP contribution is 2.13. The molecule has 2 rings (SSSR count). The van der Waals surface area contributed by atoms with Gasteiger partial charge in [0.25, 0.3) is 0 Å². The molecule has 0 bridgehead atoms. The van der Waals surface area contributed by atoms with Gasteiger partial charge in [-0.1, -0.05) is 42.1 Å². The molecule has 0 radical (unpaired) electrons. The zero-order valence-electron chi connectivity index (χ0n) is 11.3. The average Bonchev–Trinajstić information content (AvgIpc) is 2.49. The van der Waals surface area contributed by atoms with E-state index in [1.54, 1.807) is 0 Å². The largest absolute Gasteiger partial charge is 0.377 e. The Balaban J connectivity index is 1.99. The third-order valence-electron chi connectivity index (χ3n) is 2.62. The molecule has 3 nitrogen and oxygen atoms in total. The van der Waals surface area contributed by atoms with Gasteiger partial charge in [0.1, 0.15) is 17.5 Å². The number of halogens is 3. The third-order valence-corrected chi connectivity index (χ3v) is 3.47. The lowest BCUT2D eigenvalue weighted by atomic mass is 10.2. The van der Waals surface area contributed by atoms with Gasteiger partial charge in [0.15, 0.2) is 5.17 Å². The Kier molecular flexibility index (Phi) is 5.60. The first-order valence-corrected chi connectivity index (χ1v) is 7.22. The second-order valence-corrected chi connectivity index (χ2v) is 5.24. The van der Waals surface area contributed by atoms with Crippen molar-refractivity contribution in [1.29, 1.82) is 0 Å². The van der Waals surface area contributed by atoms with Crippen LogP contribution in [0.4, 0.5) is 13.2 Å². The number of hydrogen-bond donors (Lipinski definition) is 1. The van der Waals surface area contributed by atoms with Gasteiger partial charge in [0.2, 0.25) is 0 Å². The summed E-state index contributed by atoms with van der Waals surface area (Å²) in [5, 5.41) is 7.31. The number of amidine groups is 1. The molecule has 0 aliphatic carbocycles. The molecule has 2 aromatic carbocycles. The summed E-state index contributed by atoms with van der Waals surface area (Å²) in [6.07, 6.45) is 0.861. The maximum absolute atomic E-state index is 13.3. The van der Waals surface area contributed by atoms with Crippen molar-refractivity contribution in [1.82, 2.24) is 0 Å².